The second kappa shape index (κ2) is 22.0. The molecule has 0 heterocycles. The zero-order valence-corrected chi connectivity index (χ0v) is 18.7. The van der Waals surface area contributed by atoms with Gasteiger partial charge in [-0.2, -0.15) is 11.8 Å². The molecule has 0 spiro atoms. The van der Waals surface area contributed by atoms with Crippen molar-refractivity contribution in [2.24, 2.45) is 0 Å². The van der Waals surface area contributed by atoms with E-state index in [1.807, 2.05) is 6.26 Å². The Kier molecular flexibility index (Phi) is 21.8. The number of rotatable bonds is 22. The molecular formula is C22H44O4S. The van der Waals surface area contributed by atoms with E-state index >= 15 is 0 Å². The van der Waals surface area contributed by atoms with Crippen molar-refractivity contribution >= 4 is 17.7 Å². The second-order valence-electron chi connectivity index (χ2n) is 7.45. The number of carboxylic acid groups (broad SMARTS) is 1. The fourth-order valence-corrected chi connectivity index (χ4v) is 3.70. The molecule has 0 aliphatic rings. The first-order valence-corrected chi connectivity index (χ1v) is 12.5. The van der Waals surface area contributed by atoms with Crippen molar-refractivity contribution < 1.29 is 19.4 Å². The van der Waals surface area contributed by atoms with Gasteiger partial charge in [0, 0.05) is 12.4 Å². The summed E-state index contributed by atoms with van der Waals surface area (Å²) in [5.41, 5.74) is 0. The summed E-state index contributed by atoms with van der Waals surface area (Å²) in [7, 11) is 0. The van der Waals surface area contributed by atoms with Crippen LogP contribution in [0.25, 0.3) is 0 Å². The van der Waals surface area contributed by atoms with E-state index in [1.54, 1.807) is 11.8 Å². The van der Waals surface area contributed by atoms with Crippen LogP contribution < -0.4 is 0 Å². The molecule has 1 atom stereocenters. The van der Waals surface area contributed by atoms with Crippen molar-refractivity contribution in [2.75, 3.05) is 31.8 Å². The van der Waals surface area contributed by atoms with E-state index in [1.165, 1.54) is 83.5 Å². The summed E-state index contributed by atoms with van der Waals surface area (Å²) in [6.45, 7) is 3.27. The molecule has 0 aliphatic carbocycles. The molecular weight excluding hydrogens is 360 g/mol. The van der Waals surface area contributed by atoms with E-state index in [9.17, 15) is 4.79 Å². The van der Waals surface area contributed by atoms with Crippen LogP contribution in [0.3, 0.4) is 0 Å². The Morgan fingerprint density at radius 2 is 1.33 bits per heavy atom. The monoisotopic (exact) mass is 404 g/mol. The van der Waals surface area contributed by atoms with Gasteiger partial charge in [-0.05, 0) is 12.7 Å². The largest absolute Gasteiger partial charge is 0.480 e. The van der Waals surface area contributed by atoms with Crippen molar-refractivity contribution in [3.63, 3.8) is 0 Å². The first-order chi connectivity index (χ1) is 13.2. The van der Waals surface area contributed by atoms with Gasteiger partial charge in [-0.15, -0.1) is 0 Å². The third-order valence-corrected chi connectivity index (χ3v) is 5.45. The van der Waals surface area contributed by atoms with E-state index in [0.29, 0.717) is 6.61 Å². The summed E-state index contributed by atoms with van der Waals surface area (Å²) in [4.78, 5) is 10.6. The fourth-order valence-electron chi connectivity index (χ4n) is 3.13. The molecule has 0 aromatic heterocycles. The molecule has 4 nitrogen and oxygen atoms in total. The molecule has 1 unspecified atom stereocenters. The second-order valence-corrected chi connectivity index (χ2v) is 8.36. The zero-order valence-electron chi connectivity index (χ0n) is 17.9. The van der Waals surface area contributed by atoms with Gasteiger partial charge in [0.25, 0.3) is 0 Å². The Morgan fingerprint density at radius 1 is 0.852 bits per heavy atom. The lowest BCUT2D eigenvalue weighted by Crippen LogP contribution is -2.25. The molecule has 0 saturated carbocycles. The first kappa shape index (κ1) is 26.7. The van der Waals surface area contributed by atoms with Gasteiger partial charge < -0.3 is 14.6 Å². The lowest BCUT2D eigenvalue weighted by molar-refractivity contribution is -0.145. The number of aliphatic carboxylic acids is 1. The SMILES string of the molecule is CCCCCCCCCCCCCCCCOCC(CSC)OCC(=O)O. The van der Waals surface area contributed by atoms with Gasteiger partial charge in [0.05, 0.1) is 12.7 Å². The van der Waals surface area contributed by atoms with Gasteiger partial charge in [0.2, 0.25) is 0 Å². The number of thioether (sulfide) groups is 1. The third-order valence-electron chi connectivity index (χ3n) is 4.74. The Hall–Kier alpha value is -0.260. The van der Waals surface area contributed by atoms with E-state index in [-0.39, 0.29) is 12.7 Å². The Labute approximate surface area is 172 Å². The van der Waals surface area contributed by atoms with Gasteiger partial charge in [0.15, 0.2) is 0 Å². The fraction of sp³-hybridized carbons (Fsp3) is 0.955. The summed E-state index contributed by atoms with van der Waals surface area (Å²) in [5, 5.41) is 8.67. The Balaban J connectivity index is 3.26. The average molecular weight is 405 g/mol. The molecule has 0 bridgehead atoms. The van der Waals surface area contributed by atoms with Crippen LogP contribution in [0.15, 0.2) is 0 Å². The van der Waals surface area contributed by atoms with E-state index in [0.717, 1.165) is 18.8 Å². The highest BCUT2D eigenvalue weighted by molar-refractivity contribution is 7.98. The molecule has 5 heteroatoms. The highest BCUT2D eigenvalue weighted by Gasteiger charge is 2.10. The van der Waals surface area contributed by atoms with Crippen LogP contribution in [0, 0.1) is 0 Å². The van der Waals surface area contributed by atoms with Crippen molar-refractivity contribution in [1.82, 2.24) is 0 Å². The Bertz CT molecular complexity index is 313. The van der Waals surface area contributed by atoms with Crippen LogP contribution >= 0.6 is 11.8 Å². The highest BCUT2D eigenvalue weighted by atomic mass is 32.2. The minimum Gasteiger partial charge on any atom is -0.480 e. The van der Waals surface area contributed by atoms with Crippen LogP contribution in [0.4, 0.5) is 0 Å². The molecule has 0 aliphatic heterocycles. The zero-order chi connectivity index (χ0) is 20.0. The van der Waals surface area contributed by atoms with Crippen LogP contribution in [-0.4, -0.2) is 49.0 Å². The number of hydrogen-bond donors (Lipinski definition) is 1. The van der Waals surface area contributed by atoms with Crippen LogP contribution in [0.1, 0.15) is 96.8 Å². The normalized spacial score (nSPS) is 12.4. The molecule has 0 radical (unpaired) electrons. The summed E-state index contributed by atoms with van der Waals surface area (Å²) in [5.74, 6) is -0.153. The molecule has 0 aromatic rings. The molecule has 0 saturated heterocycles. The number of unbranched alkanes of at least 4 members (excludes halogenated alkanes) is 13. The molecule has 27 heavy (non-hydrogen) atoms. The summed E-state index contributed by atoms with van der Waals surface area (Å²) < 4.78 is 11.0. The molecule has 0 rings (SSSR count). The van der Waals surface area contributed by atoms with Gasteiger partial charge in [0.1, 0.15) is 6.61 Å². The summed E-state index contributed by atoms with van der Waals surface area (Å²) in [6, 6.07) is 0. The average Bonchev–Trinajstić information content (AvgIpc) is 2.65. The maximum absolute atomic E-state index is 10.6. The lowest BCUT2D eigenvalue weighted by atomic mass is 10.0. The van der Waals surface area contributed by atoms with Crippen molar-refractivity contribution in [1.29, 1.82) is 0 Å². The maximum Gasteiger partial charge on any atom is 0.329 e. The topological polar surface area (TPSA) is 55.8 Å². The molecule has 1 N–H and O–H groups in total. The van der Waals surface area contributed by atoms with E-state index in [4.69, 9.17) is 14.6 Å². The van der Waals surface area contributed by atoms with Crippen LogP contribution in [0.2, 0.25) is 0 Å². The minimum absolute atomic E-state index is 0.122. The molecule has 162 valence electrons. The predicted octanol–water partition coefficient (Wildman–Crippen LogP) is 6.32. The van der Waals surface area contributed by atoms with Crippen molar-refractivity contribution in [3.05, 3.63) is 0 Å². The number of ether oxygens (including phenoxy) is 2. The summed E-state index contributed by atoms with van der Waals surface area (Å²) >= 11 is 1.65. The molecule has 0 aromatic carbocycles. The van der Waals surface area contributed by atoms with Crippen LogP contribution in [0.5, 0.6) is 0 Å². The van der Waals surface area contributed by atoms with Gasteiger partial charge in [-0.3, -0.25) is 0 Å². The molecule has 0 amide bonds. The third kappa shape index (κ3) is 21.9. The van der Waals surface area contributed by atoms with E-state index in [2.05, 4.69) is 6.92 Å². The Morgan fingerprint density at radius 3 is 1.78 bits per heavy atom. The van der Waals surface area contributed by atoms with Crippen LogP contribution in [-0.2, 0) is 14.3 Å². The van der Waals surface area contributed by atoms with Gasteiger partial charge in [-0.25, -0.2) is 4.79 Å². The highest BCUT2D eigenvalue weighted by Crippen LogP contribution is 2.13. The number of hydrogen-bond acceptors (Lipinski definition) is 4. The minimum atomic E-state index is -0.923. The number of carbonyl (C=O) groups is 1. The maximum atomic E-state index is 10.6. The van der Waals surface area contributed by atoms with Crippen molar-refractivity contribution in [3.8, 4) is 0 Å². The lowest BCUT2D eigenvalue weighted by Gasteiger charge is -2.15. The summed E-state index contributed by atoms with van der Waals surface area (Å²) in [6.07, 6.45) is 20.9. The molecule has 0 fully saturated rings. The predicted molar refractivity (Wildman–Crippen MR) is 117 cm³/mol. The van der Waals surface area contributed by atoms with E-state index < -0.39 is 5.97 Å². The van der Waals surface area contributed by atoms with Gasteiger partial charge in [-0.1, -0.05) is 90.4 Å². The van der Waals surface area contributed by atoms with Gasteiger partial charge >= 0.3 is 5.97 Å². The number of carboxylic acids is 1. The standard InChI is InChI=1S/C22H44O4S/c1-3-4-5-6-7-8-9-10-11-12-13-14-15-16-17-25-18-21(20-27-2)26-19-22(23)24/h21H,3-20H2,1-2H3,(H,23,24). The smallest absolute Gasteiger partial charge is 0.329 e. The quantitative estimate of drug-likeness (QED) is 0.214. The van der Waals surface area contributed by atoms with Crippen molar-refractivity contribution in [2.45, 2.75) is 103 Å². The first-order valence-electron chi connectivity index (χ1n) is 11.1.